The first kappa shape index (κ1) is 16.8. The normalized spacial score (nSPS) is 20.0. The molecule has 2 N–H and O–H groups in total. The van der Waals surface area contributed by atoms with Crippen molar-refractivity contribution in [2.75, 3.05) is 7.11 Å². The van der Waals surface area contributed by atoms with Crippen molar-refractivity contribution < 1.29 is 13.5 Å². The zero-order valence-electron chi connectivity index (χ0n) is 12.3. The molecule has 0 aliphatic heterocycles. The summed E-state index contributed by atoms with van der Waals surface area (Å²) < 4.78 is 34.0. The van der Waals surface area contributed by atoms with E-state index >= 15 is 0 Å². The number of rotatable bonds is 4. The van der Waals surface area contributed by atoms with Crippen molar-refractivity contribution in [2.24, 2.45) is 5.73 Å². The van der Waals surface area contributed by atoms with Crippen LogP contribution in [0.5, 0.6) is 0 Å². The van der Waals surface area contributed by atoms with E-state index in [2.05, 4.69) is 15.9 Å². The van der Waals surface area contributed by atoms with Crippen LogP contribution in [0.25, 0.3) is 0 Å². The Hall–Kier alpha value is -0.520. The second-order valence-electron chi connectivity index (χ2n) is 5.82. The highest BCUT2D eigenvalue weighted by molar-refractivity contribution is 9.10. The highest BCUT2D eigenvalue weighted by Crippen LogP contribution is 2.34. The van der Waals surface area contributed by atoms with E-state index in [0.717, 1.165) is 38.5 Å². The average Bonchev–Trinajstić information content (AvgIpc) is 2.74. The molecule has 1 fully saturated rings. The molecule has 2 nitrogen and oxygen atoms in total. The van der Waals surface area contributed by atoms with E-state index in [4.69, 9.17) is 10.5 Å². The molecule has 1 saturated carbocycles. The molecule has 0 radical (unpaired) electrons. The van der Waals surface area contributed by atoms with Gasteiger partial charge >= 0.3 is 0 Å². The summed E-state index contributed by atoms with van der Waals surface area (Å²) in [4.78, 5) is 0. The van der Waals surface area contributed by atoms with Crippen LogP contribution in [0.15, 0.2) is 16.6 Å². The Morgan fingerprint density at radius 3 is 2.43 bits per heavy atom. The van der Waals surface area contributed by atoms with Crippen molar-refractivity contribution in [3.05, 3.63) is 33.8 Å². The van der Waals surface area contributed by atoms with Gasteiger partial charge in [0.1, 0.15) is 11.6 Å². The fourth-order valence-electron chi connectivity index (χ4n) is 3.22. The molecule has 0 aromatic heterocycles. The summed E-state index contributed by atoms with van der Waals surface area (Å²) in [6, 6.07) is 2.22. The standard InChI is InChI=1S/C16H22BrF2NO/c1-21-16(8-4-2-3-5-9-16)14(20)10-11-13(18)7-6-12(17)15(11)19/h6-7,14H,2-5,8-10,20H2,1H3. The van der Waals surface area contributed by atoms with E-state index in [-0.39, 0.29) is 16.5 Å². The molecule has 0 saturated heterocycles. The summed E-state index contributed by atoms with van der Waals surface area (Å²) >= 11 is 3.10. The van der Waals surface area contributed by atoms with Crippen molar-refractivity contribution in [3.63, 3.8) is 0 Å². The van der Waals surface area contributed by atoms with Gasteiger partial charge in [0, 0.05) is 18.7 Å². The lowest BCUT2D eigenvalue weighted by atomic mass is 9.83. The van der Waals surface area contributed by atoms with E-state index < -0.39 is 23.3 Å². The lowest BCUT2D eigenvalue weighted by molar-refractivity contribution is -0.0433. The van der Waals surface area contributed by atoms with Crippen LogP contribution in [-0.2, 0) is 11.2 Å². The molecular formula is C16H22BrF2NO. The van der Waals surface area contributed by atoms with E-state index in [1.165, 1.54) is 12.1 Å². The number of hydrogen-bond acceptors (Lipinski definition) is 2. The minimum Gasteiger partial charge on any atom is -0.377 e. The lowest BCUT2D eigenvalue weighted by Gasteiger charge is -2.37. The van der Waals surface area contributed by atoms with Crippen LogP contribution in [0.3, 0.4) is 0 Å². The largest absolute Gasteiger partial charge is 0.377 e. The summed E-state index contributed by atoms with van der Waals surface area (Å²) in [6.07, 6.45) is 6.26. The van der Waals surface area contributed by atoms with Crippen LogP contribution >= 0.6 is 15.9 Å². The van der Waals surface area contributed by atoms with Crippen molar-refractivity contribution in [1.82, 2.24) is 0 Å². The van der Waals surface area contributed by atoms with Gasteiger partial charge in [-0.05, 0) is 47.3 Å². The summed E-state index contributed by atoms with van der Waals surface area (Å²) in [5.41, 5.74) is 5.87. The predicted molar refractivity (Wildman–Crippen MR) is 83.2 cm³/mol. The zero-order chi connectivity index (χ0) is 15.5. The topological polar surface area (TPSA) is 35.2 Å². The average molecular weight is 362 g/mol. The Morgan fingerprint density at radius 2 is 1.86 bits per heavy atom. The second-order valence-corrected chi connectivity index (χ2v) is 6.67. The molecule has 0 amide bonds. The van der Waals surface area contributed by atoms with Gasteiger partial charge < -0.3 is 10.5 Å². The van der Waals surface area contributed by atoms with Crippen LogP contribution < -0.4 is 5.73 Å². The number of benzene rings is 1. The third kappa shape index (κ3) is 3.63. The van der Waals surface area contributed by atoms with Gasteiger partial charge in [-0.25, -0.2) is 8.78 Å². The Morgan fingerprint density at radius 1 is 1.24 bits per heavy atom. The Labute approximate surface area is 133 Å². The first-order chi connectivity index (χ1) is 10.00. The van der Waals surface area contributed by atoms with Crippen molar-refractivity contribution in [3.8, 4) is 0 Å². The van der Waals surface area contributed by atoms with E-state index in [1.54, 1.807) is 7.11 Å². The summed E-state index contributed by atoms with van der Waals surface area (Å²) in [6.45, 7) is 0. The Balaban J connectivity index is 2.23. The van der Waals surface area contributed by atoms with Gasteiger partial charge in [0.15, 0.2) is 0 Å². The van der Waals surface area contributed by atoms with Crippen LogP contribution in [0.2, 0.25) is 0 Å². The van der Waals surface area contributed by atoms with Crippen LogP contribution in [0.1, 0.15) is 44.1 Å². The SMILES string of the molecule is COC1(C(N)Cc2c(F)ccc(Br)c2F)CCCCCC1. The number of halogens is 3. The maximum atomic E-state index is 14.1. The first-order valence-corrected chi connectivity index (χ1v) is 8.22. The molecule has 1 aromatic rings. The van der Waals surface area contributed by atoms with Crippen LogP contribution in [0, 0.1) is 11.6 Å². The third-order valence-corrected chi connectivity index (χ3v) is 5.21. The second kappa shape index (κ2) is 7.16. The van der Waals surface area contributed by atoms with E-state index in [1.807, 2.05) is 0 Å². The molecule has 0 heterocycles. The van der Waals surface area contributed by atoms with E-state index in [0.29, 0.717) is 0 Å². The third-order valence-electron chi connectivity index (χ3n) is 4.60. The fourth-order valence-corrected chi connectivity index (χ4v) is 3.59. The molecule has 1 aliphatic rings. The molecule has 1 atom stereocenters. The summed E-state index contributed by atoms with van der Waals surface area (Å²) in [5.74, 6) is -1.11. The van der Waals surface area contributed by atoms with Gasteiger partial charge in [0.05, 0.1) is 10.1 Å². The lowest BCUT2D eigenvalue weighted by Crippen LogP contribution is -2.50. The predicted octanol–water partition coefficient (Wildman–Crippen LogP) is 4.34. The quantitative estimate of drug-likeness (QED) is 0.639. The number of nitrogens with two attached hydrogens (primary N) is 1. The van der Waals surface area contributed by atoms with Gasteiger partial charge in [-0.1, -0.05) is 25.7 Å². The highest BCUT2D eigenvalue weighted by atomic mass is 79.9. The van der Waals surface area contributed by atoms with Crippen molar-refractivity contribution in [2.45, 2.75) is 56.6 Å². The molecule has 0 spiro atoms. The van der Waals surface area contributed by atoms with Crippen molar-refractivity contribution >= 4 is 15.9 Å². The molecule has 0 bridgehead atoms. The first-order valence-electron chi connectivity index (χ1n) is 7.43. The molecule has 2 rings (SSSR count). The van der Waals surface area contributed by atoms with Gasteiger partial charge in [-0.2, -0.15) is 0 Å². The molecule has 5 heteroatoms. The zero-order valence-corrected chi connectivity index (χ0v) is 13.9. The van der Waals surface area contributed by atoms with Gasteiger partial charge in [-0.3, -0.25) is 0 Å². The van der Waals surface area contributed by atoms with Gasteiger partial charge in [-0.15, -0.1) is 0 Å². The molecule has 21 heavy (non-hydrogen) atoms. The van der Waals surface area contributed by atoms with E-state index in [9.17, 15) is 8.78 Å². The monoisotopic (exact) mass is 361 g/mol. The molecule has 118 valence electrons. The molecule has 1 aromatic carbocycles. The van der Waals surface area contributed by atoms with Crippen LogP contribution in [0.4, 0.5) is 8.78 Å². The molecular weight excluding hydrogens is 340 g/mol. The van der Waals surface area contributed by atoms with Gasteiger partial charge in [0.2, 0.25) is 0 Å². The van der Waals surface area contributed by atoms with Crippen LogP contribution in [-0.4, -0.2) is 18.8 Å². The summed E-state index contributed by atoms with van der Waals surface area (Å²) in [7, 11) is 1.65. The highest BCUT2D eigenvalue weighted by Gasteiger charge is 2.38. The number of ether oxygens (including phenoxy) is 1. The maximum absolute atomic E-state index is 14.1. The Bertz CT molecular complexity index is 487. The van der Waals surface area contributed by atoms with Gasteiger partial charge in [0.25, 0.3) is 0 Å². The minimum absolute atomic E-state index is 0.0394. The maximum Gasteiger partial charge on any atom is 0.143 e. The summed E-state index contributed by atoms with van der Waals surface area (Å²) in [5, 5.41) is 0. The molecule has 1 unspecified atom stereocenters. The number of methoxy groups -OCH3 is 1. The Kier molecular flexibility index (Phi) is 5.74. The smallest absolute Gasteiger partial charge is 0.143 e. The minimum atomic E-state index is -0.565. The fraction of sp³-hybridized carbons (Fsp3) is 0.625. The number of hydrogen-bond donors (Lipinski definition) is 1. The van der Waals surface area contributed by atoms with Crippen molar-refractivity contribution in [1.29, 1.82) is 0 Å². The molecule has 1 aliphatic carbocycles.